The van der Waals surface area contributed by atoms with E-state index in [2.05, 4.69) is 4.72 Å². The Hall–Kier alpha value is -2.18. The lowest BCUT2D eigenvalue weighted by atomic mass is 10.1. The van der Waals surface area contributed by atoms with E-state index in [1.807, 2.05) is 24.3 Å². The van der Waals surface area contributed by atoms with Gasteiger partial charge in [-0.05, 0) is 34.4 Å². The second-order valence-electron chi connectivity index (χ2n) is 4.83. The summed E-state index contributed by atoms with van der Waals surface area (Å²) in [5, 5.41) is 3.51. The Labute approximate surface area is 132 Å². The molecule has 112 valence electrons. The molecule has 3 rings (SSSR count). The van der Waals surface area contributed by atoms with Crippen LogP contribution in [0.15, 0.2) is 58.8 Å². The number of carbonyl (C=O) groups is 1. The summed E-state index contributed by atoms with van der Waals surface area (Å²) in [6.45, 7) is 1.42. The second-order valence-corrected chi connectivity index (χ2v) is 7.43. The Morgan fingerprint density at radius 3 is 2.50 bits per heavy atom. The Bertz CT molecular complexity index is 958. The molecule has 0 aliphatic heterocycles. The van der Waals surface area contributed by atoms with Gasteiger partial charge in [0.2, 0.25) is 0 Å². The number of ketones is 1. The van der Waals surface area contributed by atoms with Crippen LogP contribution in [0.3, 0.4) is 0 Å². The predicted octanol–water partition coefficient (Wildman–Crippen LogP) is 3.90. The molecule has 0 spiro atoms. The van der Waals surface area contributed by atoms with Crippen molar-refractivity contribution in [2.75, 3.05) is 4.72 Å². The minimum Gasteiger partial charge on any atom is -0.294 e. The van der Waals surface area contributed by atoms with E-state index in [0.717, 1.165) is 10.8 Å². The number of nitrogens with one attached hydrogen (secondary N) is 1. The first kappa shape index (κ1) is 14.7. The monoisotopic (exact) mass is 331 g/mol. The maximum atomic E-state index is 12.5. The molecule has 6 heteroatoms. The van der Waals surface area contributed by atoms with Crippen molar-refractivity contribution in [3.8, 4) is 0 Å². The molecule has 0 radical (unpaired) electrons. The Morgan fingerprint density at radius 2 is 1.77 bits per heavy atom. The van der Waals surface area contributed by atoms with Crippen LogP contribution in [0.25, 0.3) is 10.8 Å². The zero-order chi connectivity index (χ0) is 15.7. The molecule has 0 amide bonds. The van der Waals surface area contributed by atoms with Crippen molar-refractivity contribution in [1.29, 1.82) is 0 Å². The van der Waals surface area contributed by atoms with Crippen LogP contribution in [-0.2, 0) is 10.0 Å². The standard InChI is InChI=1S/C16H13NO3S2/c1-11(18)16-15(8-9-21-16)17-22(19,20)14-7-6-12-4-2-3-5-13(12)10-14/h2-10,17H,1H3. The van der Waals surface area contributed by atoms with E-state index in [1.165, 1.54) is 18.3 Å². The molecule has 1 aromatic heterocycles. The first-order valence-corrected chi connectivity index (χ1v) is 8.94. The first-order valence-electron chi connectivity index (χ1n) is 6.57. The fourth-order valence-corrected chi connectivity index (χ4v) is 4.12. The molecule has 0 aliphatic rings. The topological polar surface area (TPSA) is 63.2 Å². The van der Waals surface area contributed by atoms with E-state index in [9.17, 15) is 13.2 Å². The van der Waals surface area contributed by atoms with Gasteiger partial charge in [-0.15, -0.1) is 11.3 Å². The fraction of sp³-hybridized carbons (Fsp3) is 0.0625. The van der Waals surface area contributed by atoms with Crippen LogP contribution in [-0.4, -0.2) is 14.2 Å². The van der Waals surface area contributed by atoms with Crippen molar-refractivity contribution in [1.82, 2.24) is 0 Å². The number of carbonyl (C=O) groups excluding carboxylic acids is 1. The number of hydrogen-bond donors (Lipinski definition) is 1. The number of rotatable bonds is 4. The number of fused-ring (bicyclic) bond motifs is 1. The van der Waals surface area contributed by atoms with Gasteiger partial charge in [-0.1, -0.05) is 30.3 Å². The number of benzene rings is 2. The zero-order valence-electron chi connectivity index (χ0n) is 11.7. The van der Waals surface area contributed by atoms with Gasteiger partial charge in [-0.3, -0.25) is 9.52 Å². The van der Waals surface area contributed by atoms with Gasteiger partial charge in [-0.2, -0.15) is 0 Å². The van der Waals surface area contributed by atoms with Gasteiger partial charge in [0.05, 0.1) is 15.5 Å². The summed E-state index contributed by atoms with van der Waals surface area (Å²) in [7, 11) is -3.73. The smallest absolute Gasteiger partial charge is 0.261 e. The predicted molar refractivity (Wildman–Crippen MR) is 89.1 cm³/mol. The van der Waals surface area contributed by atoms with Crippen LogP contribution < -0.4 is 4.72 Å². The van der Waals surface area contributed by atoms with E-state index in [-0.39, 0.29) is 10.7 Å². The normalized spacial score (nSPS) is 11.5. The van der Waals surface area contributed by atoms with Crippen molar-refractivity contribution < 1.29 is 13.2 Å². The zero-order valence-corrected chi connectivity index (χ0v) is 13.4. The first-order chi connectivity index (χ1) is 10.5. The molecule has 3 aromatic rings. The van der Waals surface area contributed by atoms with Crippen LogP contribution in [0.2, 0.25) is 0 Å². The molecule has 22 heavy (non-hydrogen) atoms. The molecule has 0 unspecified atom stereocenters. The highest BCUT2D eigenvalue weighted by molar-refractivity contribution is 7.92. The summed E-state index contributed by atoms with van der Waals surface area (Å²) < 4.78 is 27.5. The fourth-order valence-electron chi connectivity index (χ4n) is 2.20. The van der Waals surface area contributed by atoms with Crippen LogP contribution in [0.4, 0.5) is 5.69 Å². The van der Waals surface area contributed by atoms with Crippen LogP contribution in [0.5, 0.6) is 0 Å². The lowest BCUT2D eigenvalue weighted by molar-refractivity contribution is 0.102. The van der Waals surface area contributed by atoms with E-state index in [1.54, 1.807) is 29.6 Å². The molecule has 0 atom stereocenters. The summed E-state index contributed by atoms with van der Waals surface area (Å²) >= 11 is 1.22. The summed E-state index contributed by atoms with van der Waals surface area (Å²) in [5.74, 6) is -0.161. The van der Waals surface area contributed by atoms with E-state index in [0.29, 0.717) is 10.6 Å². The summed E-state index contributed by atoms with van der Waals surface area (Å²) in [4.78, 5) is 12.1. The molecule has 2 aromatic carbocycles. The molecule has 4 nitrogen and oxygen atoms in total. The lowest BCUT2D eigenvalue weighted by Crippen LogP contribution is -2.14. The van der Waals surface area contributed by atoms with Crippen molar-refractivity contribution in [2.24, 2.45) is 0 Å². The average molecular weight is 331 g/mol. The van der Waals surface area contributed by atoms with Gasteiger partial charge in [0.15, 0.2) is 5.78 Å². The van der Waals surface area contributed by atoms with Gasteiger partial charge in [0.25, 0.3) is 10.0 Å². The number of hydrogen-bond acceptors (Lipinski definition) is 4. The molecule has 1 N–H and O–H groups in total. The van der Waals surface area contributed by atoms with Crippen molar-refractivity contribution >= 4 is 43.6 Å². The van der Waals surface area contributed by atoms with Gasteiger partial charge >= 0.3 is 0 Å². The minimum absolute atomic E-state index is 0.161. The summed E-state index contributed by atoms with van der Waals surface area (Å²) in [6.07, 6.45) is 0. The number of sulfonamides is 1. The molecule has 0 saturated carbocycles. The van der Waals surface area contributed by atoms with Gasteiger partial charge in [0.1, 0.15) is 0 Å². The van der Waals surface area contributed by atoms with Crippen molar-refractivity contribution in [2.45, 2.75) is 11.8 Å². The van der Waals surface area contributed by atoms with Gasteiger partial charge in [0, 0.05) is 6.92 Å². The molecular formula is C16H13NO3S2. The van der Waals surface area contributed by atoms with E-state index in [4.69, 9.17) is 0 Å². The quantitative estimate of drug-likeness (QED) is 0.737. The number of Topliss-reactive ketones (excluding diaryl/α,β-unsaturated/α-hetero) is 1. The Kier molecular flexibility index (Phi) is 3.72. The minimum atomic E-state index is -3.73. The third-order valence-electron chi connectivity index (χ3n) is 3.26. The maximum Gasteiger partial charge on any atom is 0.261 e. The molecule has 0 bridgehead atoms. The summed E-state index contributed by atoms with van der Waals surface area (Å²) in [5.41, 5.74) is 0.325. The SMILES string of the molecule is CC(=O)c1sccc1NS(=O)(=O)c1ccc2ccccc2c1. The van der Waals surface area contributed by atoms with Gasteiger partial charge < -0.3 is 0 Å². The van der Waals surface area contributed by atoms with E-state index >= 15 is 0 Å². The molecule has 0 saturated heterocycles. The molecular weight excluding hydrogens is 318 g/mol. The van der Waals surface area contributed by atoms with Gasteiger partial charge in [-0.25, -0.2) is 8.42 Å². The Balaban J connectivity index is 2.01. The lowest BCUT2D eigenvalue weighted by Gasteiger charge is -2.09. The molecule has 0 fully saturated rings. The second kappa shape index (κ2) is 5.55. The number of thiophene rings is 1. The van der Waals surface area contributed by atoms with Crippen LogP contribution in [0.1, 0.15) is 16.6 Å². The third-order valence-corrected chi connectivity index (χ3v) is 5.64. The average Bonchev–Trinajstić information content (AvgIpc) is 2.94. The van der Waals surface area contributed by atoms with Crippen LogP contribution in [0, 0.1) is 0 Å². The summed E-state index contributed by atoms with van der Waals surface area (Å²) in [6, 6.07) is 14.1. The molecule has 1 heterocycles. The maximum absolute atomic E-state index is 12.5. The highest BCUT2D eigenvalue weighted by atomic mass is 32.2. The van der Waals surface area contributed by atoms with E-state index < -0.39 is 10.0 Å². The Morgan fingerprint density at radius 1 is 1.05 bits per heavy atom. The highest BCUT2D eigenvalue weighted by Crippen LogP contribution is 2.26. The van der Waals surface area contributed by atoms with Crippen molar-refractivity contribution in [3.63, 3.8) is 0 Å². The van der Waals surface area contributed by atoms with Crippen molar-refractivity contribution in [3.05, 3.63) is 58.8 Å². The third kappa shape index (κ3) is 2.75. The number of anilines is 1. The van der Waals surface area contributed by atoms with Crippen LogP contribution >= 0.6 is 11.3 Å². The highest BCUT2D eigenvalue weighted by Gasteiger charge is 2.18. The largest absolute Gasteiger partial charge is 0.294 e. The molecule has 0 aliphatic carbocycles.